The number of ether oxygens (including phenoxy) is 1. The molecule has 0 fully saturated rings. The summed E-state index contributed by atoms with van der Waals surface area (Å²) in [6.07, 6.45) is 1.64. The lowest BCUT2D eigenvalue weighted by Gasteiger charge is -2.13. The normalized spacial score (nSPS) is 14.7. The van der Waals surface area contributed by atoms with Crippen LogP contribution in [0.4, 0.5) is 5.69 Å². The summed E-state index contributed by atoms with van der Waals surface area (Å²) >= 11 is 6.11. The second-order valence-corrected chi connectivity index (χ2v) is 6.61. The molecular weight excluding hydrogens is 302 g/mol. The molecule has 8 heteroatoms. The Morgan fingerprint density at radius 2 is 2.25 bits per heavy atom. The van der Waals surface area contributed by atoms with E-state index < -0.39 is 10.0 Å². The fraction of sp³-hybridized carbons (Fsp3) is 0.417. The molecule has 1 aliphatic rings. The van der Waals surface area contributed by atoms with Crippen LogP contribution in [-0.4, -0.2) is 40.7 Å². The van der Waals surface area contributed by atoms with Crippen molar-refractivity contribution in [2.45, 2.75) is 6.42 Å². The van der Waals surface area contributed by atoms with Gasteiger partial charge in [-0.2, -0.15) is 0 Å². The van der Waals surface area contributed by atoms with Crippen molar-refractivity contribution in [2.24, 2.45) is 4.99 Å². The predicted octanol–water partition coefficient (Wildman–Crippen LogP) is 1.26. The van der Waals surface area contributed by atoms with E-state index >= 15 is 0 Å². The molecule has 0 saturated heterocycles. The first kappa shape index (κ1) is 14.9. The highest BCUT2D eigenvalue weighted by molar-refractivity contribution is 7.92. The van der Waals surface area contributed by atoms with Crippen LogP contribution in [0.5, 0.6) is 5.75 Å². The summed E-state index contributed by atoms with van der Waals surface area (Å²) in [5.74, 6) is 1.44. The average molecular weight is 318 g/mol. The van der Waals surface area contributed by atoms with Gasteiger partial charge in [0.1, 0.15) is 11.6 Å². The van der Waals surface area contributed by atoms with Gasteiger partial charge in [-0.15, -0.1) is 0 Å². The Bertz CT molecular complexity index is 644. The molecule has 0 radical (unpaired) electrons. The van der Waals surface area contributed by atoms with Crippen LogP contribution in [0, 0.1) is 0 Å². The summed E-state index contributed by atoms with van der Waals surface area (Å²) in [6.45, 7) is 1.60. The van der Waals surface area contributed by atoms with Crippen LogP contribution in [0.1, 0.15) is 5.56 Å². The second kappa shape index (κ2) is 5.88. The van der Waals surface area contributed by atoms with Gasteiger partial charge < -0.3 is 10.1 Å². The first-order chi connectivity index (χ1) is 9.39. The van der Waals surface area contributed by atoms with E-state index in [1.54, 1.807) is 12.1 Å². The molecule has 2 rings (SSSR count). The zero-order chi connectivity index (χ0) is 14.8. The summed E-state index contributed by atoms with van der Waals surface area (Å²) in [5, 5.41) is 3.49. The van der Waals surface area contributed by atoms with Gasteiger partial charge >= 0.3 is 0 Å². The lowest BCUT2D eigenvalue weighted by atomic mass is 10.1. The standard InChI is InChI=1S/C12H16ClN3O3S/c1-19-11-7-10(16-20(2,17)18)9(13)5-8(11)6-12-14-3-4-15-12/h5,7,16H,3-4,6H2,1-2H3,(H,14,15). The van der Waals surface area contributed by atoms with E-state index in [9.17, 15) is 8.42 Å². The third-order valence-electron chi connectivity index (χ3n) is 2.77. The van der Waals surface area contributed by atoms with Crippen molar-refractivity contribution in [2.75, 3.05) is 31.2 Å². The van der Waals surface area contributed by atoms with E-state index in [-0.39, 0.29) is 0 Å². The van der Waals surface area contributed by atoms with Crippen molar-refractivity contribution in [1.82, 2.24) is 5.32 Å². The number of sulfonamides is 1. The van der Waals surface area contributed by atoms with Crippen LogP contribution < -0.4 is 14.8 Å². The fourth-order valence-electron chi connectivity index (χ4n) is 1.95. The summed E-state index contributed by atoms with van der Waals surface area (Å²) < 4.78 is 30.2. The van der Waals surface area contributed by atoms with Crippen LogP contribution in [0.3, 0.4) is 0 Å². The number of methoxy groups -OCH3 is 1. The Balaban J connectivity index is 2.31. The van der Waals surface area contributed by atoms with E-state index in [1.807, 2.05) is 0 Å². The molecule has 1 aliphatic heterocycles. The second-order valence-electron chi connectivity index (χ2n) is 4.45. The van der Waals surface area contributed by atoms with Crippen molar-refractivity contribution in [3.63, 3.8) is 0 Å². The number of nitrogens with zero attached hydrogens (tertiary/aromatic N) is 1. The van der Waals surface area contributed by atoms with Crippen molar-refractivity contribution < 1.29 is 13.2 Å². The molecule has 0 unspecified atom stereocenters. The lowest BCUT2D eigenvalue weighted by molar-refractivity contribution is 0.411. The van der Waals surface area contributed by atoms with Gasteiger partial charge in [0, 0.05) is 24.6 Å². The molecular formula is C12H16ClN3O3S. The van der Waals surface area contributed by atoms with Gasteiger partial charge in [-0.1, -0.05) is 11.6 Å². The van der Waals surface area contributed by atoms with Gasteiger partial charge in [-0.05, 0) is 6.07 Å². The molecule has 0 saturated carbocycles. The molecule has 20 heavy (non-hydrogen) atoms. The number of benzene rings is 1. The van der Waals surface area contributed by atoms with E-state index in [0.29, 0.717) is 22.9 Å². The molecule has 1 aromatic carbocycles. The Hall–Kier alpha value is -1.47. The molecule has 6 nitrogen and oxygen atoms in total. The van der Waals surface area contributed by atoms with Gasteiger partial charge in [-0.3, -0.25) is 9.71 Å². The van der Waals surface area contributed by atoms with Crippen LogP contribution in [0.2, 0.25) is 5.02 Å². The summed E-state index contributed by atoms with van der Waals surface area (Å²) in [7, 11) is -1.86. The highest BCUT2D eigenvalue weighted by Crippen LogP contribution is 2.32. The number of anilines is 1. The Kier molecular flexibility index (Phi) is 4.39. The highest BCUT2D eigenvalue weighted by Gasteiger charge is 2.15. The Morgan fingerprint density at radius 1 is 1.50 bits per heavy atom. The van der Waals surface area contributed by atoms with E-state index in [1.165, 1.54) is 7.11 Å². The molecule has 2 N–H and O–H groups in total. The Morgan fingerprint density at radius 3 is 2.80 bits per heavy atom. The number of amidine groups is 1. The van der Waals surface area contributed by atoms with Gasteiger partial charge in [0.15, 0.2) is 0 Å². The Labute approximate surface area is 123 Å². The van der Waals surface area contributed by atoms with Crippen LogP contribution in [-0.2, 0) is 16.4 Å². The fourth-order valence-corrected chi connectivity index (χ4v) is 2.80. The average Bonchev–Trinajstić information content (AvgIpc) is 2.84. The van der Waals surface area contributed by atoms with Crippen molar-refractivity contribution in [1.29, 1.82) is 0 Å². The number of hydrogen-bond acceptors (Lipinski definition) is 5. The van der Waals surface area contributed by atoms with Crippen molar-refractivity contribution in [3.05, 3.63) is 22.7 Å². The van der Waals surface area contributed by atoms with Crippen molar-refractivity contribution in [3.8, 4) is 5.75 Å². The summed E-state index contributed by atoms with van der Waals surface area (Å²) in [5.41, 5.74) is 1.15. The minimum absolute atomic E-state index is 0.302. The third-order valence-corrected chi connectivity index (χ3v) is 3.67. The maximum atomic E-state index is 11.3. The maximum Gasteiger partial charge on any atom is 0.229 e. The number of hydrogen-bond donors (Lipinski definition) is 2. The zero-order valence-electron chi connectivity index (χ0n) is 11.2. The lowest BCUT2D eigenvalue weighted by Crippen LogP contribution is -2.21. The molecule has 0 amide bonds. The number of aliphatic imine (C=N–C) groups is 1. The third kappa shape index (κ3) is 3.77. The predicted molar refractivity (Wildman–Crippen MR) is 80.5 cm³/mol. The minimum atomic E-state index is -3.39. The maximum absolute atomic E-state index is 11.3. The van der Waals surface area contributed by atoms with Gasteiger partial charge in [0.2, 0.25) is 10.0 Å². The first-order valence-electron chi connectivity index (χ1n) is 6.00. The van der Waals surface area contributed by atoms with Gasteiger partial charge in [0.05, 0.1) is 30.6 Å². The monoisotopic (exact) mass is 317 g/mol. The summed E-state index contributed by atoms with van der Waals surface area (Å²) in [4.78, 5) is 4.31. The highest BCUT2D eigenvalue weighted by atomic mass is 35.5. The SMILES string of the molecule is COc1cc(NS(C)(=O)=O)c(Cl)cc1CC1=NCCN1. The van der Waals surface area contributed by atoms with E-state index in [2.05, 4.69) is 15.0 Å². The van der Waals surface area contributed by atoms with Crippen molar-refractivity contribution >= 4 is 33.1 Å². The quantitative estimate of drug-likeness (QED) is 0.857. The molecule has 0 spiro atoms. The number of halogens is 1. The number of nitrogens with one attached hydrogen (secondary N) is 2. The minimum Gasteiger partial charge on any atom is -0.496 e. The topological polar surface area (TPSA) is 79.8 Å². The van der Waals surface area contributed by atoms with Gasteiger partial charge in [-0.25, -0.2) is 8.42 Å². The molecule has 0 atom stereocenters. The zero-order valence-corrected chi connectivity index (χ0v) is 12.8. The summed E-state index contributed by atoms with van der Waals surface area (Å²) in [6, 6.07) is 3.27. The number of rotatable bonds is 5. The molecule has 0 bridgehead atoms. The molecule has 1 heterocycles. The van der Waals surface area contributed by atoms with Crippen LogP contribution in [0.25, 0.3) is 0 Å². The molecule has 0 aromatic heterocycles. The van der Waals surface area contributed by atoms with Crippen LogP contribution in [0.15, 0.2) is 17.1 Å². The van der Waals surface area contributed by atoms with Gasteiger partial charge in [0.25, 0.3) is 0 Å². The molecule has 0 aliphatic carbocycles. The van der Waals surface area contributed by atoms with E-state index in [4.69, 9.17) is 16.3 Å². The van der Waals surface area contributed by atoms with Crippen LogP contribution >= 0.6 is 11.6 Å². The molecule has 1 aromatic rings. The smallest absolute Gasteiger partial charge is 0.229 e. The van der Waals surface area contributed by atoms with E-state index in [0.717, 1.165) is 30.7 Å². The first-order valence-corrected chi connectivity index (χ1v) is 8.27. The largest absolute Gasteiger partial charge is 0.496 e. The molecule has 110 valence electrons.